The third-order valence-electron chi connectivity index (χ3n) is 9.37. The maximum absolute atomic E-state index is 13.5. The first-order valence-electron chi connectivity index (χ1n) is 20.0. The van der Waals surface area contributed by atoms with Crippen molar-refractivity contribution in [1.82, 2.24) is 57.7 Å². The van der Waals surface area contributed by atoms with Crippen LogP contribution in [0.4, 0.5) is 0 Å². The second kappa shape index (κ2) is 26.5. The van der Waals surface area contributed by atoms with Crippen LogP contribution >= 0.6 is 0 Å². The quantitative estimate of drug-likeness (QED) is 0.131. The molecule has 24 heteroatoms. The summed E-state index contributed by atoms with van der Waals surface area (Å²) in [4.78, 5) is 144. The number of nitrogens with zero attached hydrogens (tertiary/aromatic N) is 2. The summed E-state index contributed by atoms with van der Waals surface area (Å²) < 4.78 is 0. The van der Waals surface area contributed by atoms with Crippen molar-refractivity contribution >= 4 is 65.0 Å². The Bertz CT molecular complexity index is 1780. The molecule has 3 fully saturated rings. The van der Waals surface area contributed by atoms with Crippen molar-refractivity contribution in [2.24, 2.45) is 0 Å². The van der Waals surface area contributed by atoms with E-state index >= 15 is 0 Å². The summed E-state index contributed by atoms with van der Waals surface area (Å²) in [7, 11) is 0. The highest BCUT2D eigenvalue weighted by Crippen LogP contribution is 2.05. The number of aliphatic hydroxyl groups excluding tert-OH is 1. The van der Waals surface area contributed by atoms with E-state index in [0.717, 1.165) is 10.5 Å². The Morgan fingerprint density at radius 3 is 1.61 bits per heavy atom. The summed E-state index contributed by atoms with van der Waals surface area (Å²) in [5, 5.41) is 41.6. The fourth-order valence-electron chi connectivity index (χ4n) is 6.07. The summed E-state index contributed by atoms with van der Waals surface area (Å²) in [6, 6.07) is 4.79. The number of fused-ring (bicyclic) bond motifs is 34. The minimum absolute atomic E-state index is 0.0235. The molecule has 0 spiro atoms. The Labute approximate surface area is 356 Å². The molecule has 62 heavy (non-hydrogen) atoms. The number of hydrogen-bond acceptors (Lipinski definition) is 13. The van der Waals surface area contributed by atoms with Crippen LogP contribution in [0.15, 0.2) is 30.3 Å². The Kier molecular flexibility index (Phi) is 21.2. The maximum Gasteiger partial charge on any atom is 0.305 e. The molecule has 340 valence electrons. The molecule has 0 aliphatic carbocycles. The van der Waals surface area contributed by atoms with Crippen molar-refractivity contribution in [3.63, 3.8) is 0 Å². The van der Waals surface area contributed by atoms with Crippen LogP contribution in [0.2, 0.25) is 0 Å². The van der Waals surface area contributed by atoms with Gasteiger partial charge in [0.25, 0.3) is 0 Å². The SMILES string of the molecule is O=C(O)C[C@@H]1NC(=O)CCN2CCNC(=O)[C@H](CO)NC(=O)CCNC(=O)CN(CC(=O)NCCC(=O)N[C@@H](Cc3ccccc3)C(=O)NCC2)C(=O)CNC(=O)CCNC1=O. The minimum atomic E-state index is -1.55. The lowest BCUT2D eigenvalue weighted by Crippen LogP contribution is -2.52. The van der Waals surface area contributed by atoms with Gasteiger partial charge in [-0.3, -0.25) is 57.6 Å². The molecule has 3 aliphatic rings. The zero-order valence-electron chi connectivity index (χ0n) is 34.1. The Hall–Kier alpha value is -6.69. The summed E-state index contributed by atoms with van der Waals surface area (Å²) in [5.41, 5.74) is 0.719. The molecule has 0 radical (unpaired) electrons. The van der Waals surface area contributed by atoms with Gasteiger partial charge < -0.3 is 63.0 Å². The van der Waals surface area contributed by atoms with E-state index in [1.165, 1.54) is 0 Å². The van der Waals surface area contributed by atoms with Crippen LogP contribution in [0.1, 0.15) is 37.7 Å². The van der Waals surface area contributed by atoms with E-state index in [9.17, 15) is 63.0 Å². The van der Waals surface area contributed by atoms with Crippen molar-refractivity contribution in [3.8, 4) is 0 Å². The molecule has 24 nitrogen and oxygen atoms in total. The van der Waals surface area contributed by atoms with Gasteiger partial charge in [-0.2, -0.15) is 0 Å². The molecule has 11 N–H and O–H groups in total. The lowest BCUT2D eigenvalue weighted by Gasteiger charge is -2.25. The van der Waals surface area contributed by atoms with Gasteiger partial charge in [0.2, 0.25) is 59.1 Å². The Morgan fingerprint density at radius 2 is 1.03 bits per heavy atom. The monoisotopic (exact) mass is 873 g/mol. The zero-order chi connectivity index (χ0) is 45.4. The van der Waals surface area contributed by atoms with Crippen molar-refractivity contribution in [3.05, 3.63) is 35.9 Å². The van der Waals surface area contributed by atoms with Gasteiger partial charge in [0.05, 0.1) is 19.6 Å². The van der Waals surface area contributed by atoms with Gasteiger partial charge in [-0.1, -0.05) is 30.3 Å². The van der Waals surface area contributed by atoms with Gasteiger partial charge in [0, 0.05) is 84.5 Å². The highest BCUT2D eigenvalue weighted by molar-refractivity contribution is 5.93. The van der Waals surface area contributed by atoms with Crippen LogP contribution in [-0.2, 0) is 59.2 Å². The van der Waals surface area contributed by atoms with E-state index in [2.05, 4.69) is 47.9 Å². The fraction of sp³-hybridized carbons (Fsp3) is 0.553. The van der Waals surface area contributed by atoms with Crippen molar-refractivity contribution < 1.29 is 63.0 Å². The smallest absolute Gasteiger partial charge is 0.305 e. The van der Waals surface area contributed by atoms with Crippen LogP contribution in [0.5, 0.6) is 0 Å². The predicted molar refractivity (Wildman–Crippen MR) is 215 cm³/mol. The van der Waals surface area contributed by atoms with Gasteiger partial charge in [0.15, 0.2) is 0 Å². The predicted octanol–water partition coefficient (Wildman–Crippen LogP) is -6.43. The zero-order valence-corrected chi connectivity index (χ0v) is 34.1. The molecular formula is C38H55N11O13. The molecule has 3 aliphatic heterocycles. The molecule has 4 rings (SSSR count). The number of carbonyl (C=O) groups excluding carboxylic acids is 10. The van der Waals surface area contributed by atoms with Crippen LogP contribution in [0, 0.1) is 0 Å². The molecule has 2 bridgehead atoms. The minimum Gasteiger partial charge on any atom is -0.481 e. The molecule has 10 amide bonds. The summed E-state index contributed by atoms with van der Waals surface area (Å²) in [5.74, 6) is -8.94. The standard InChI is InChI=1S/C38H55N11O13/c50-23-27-38(62)43-14-17-48-15-9-31(54)46-26(19-35(58)59)37(61)41-12-6-28(51)44-20-34(57)49(22-33(56)40-11-8-30(53)47-27)21-32(55)39-10-7-29(52)45-25(36(60)42-13-16-48)18-24-4-2-1-3-5-24/h1-5,25-27,50H,6-23H2,(H,39,55)(H,40,56)(H,41,61)(H,42,60)(H,43,62)(H,44,51)(H,45,52)(H,46,54)(H,47,53)(H,58,59)/t25-,26-,27-/m0/s1. The van der Waals surface area contributed by atoms with Gasteiger partial charge in [-0.25, -0.2) is 0 Å². The fourth-order valence-corrected chi connectivity index (χ4v) is 6.07. The van der Waals surface area contributed by atoms with E-state index in [1.807, 2.05) is 0 Å². The number of hydrogen-bond donors (Lipinski definition) is 11. The second-order valence-corrected chi connectivity index (χ2v) is 14.3. The molecule has 1 unspecified atom stereocenters. The van der Waals surface area contributed by atoms with Crippen LogP contribution in [0.25, 0.3) is 0 Å². The molecule has 4 atom stereocenters. The average molecular weight is 874 g/mol. The second-order valence-electron chi connectivity index (χ2n) is 14.3. The number of nitrogens with one attached hydrogen (secondary N) is 9. The number of rotatable bonds is 5. The molecule has 3 saturated heterocycles. The number of carboxylic acids is 1. The number of aliphatic hydroxyl groups is 1. The van der Waals surface area contributed by atoms with Crippen molar-refractivity contribution in [2.45, 2.75) is 56.7 Å². The molecule has 1 aromatic rings. The number of carboxylic acid groups (broad SMARTS) is 1. The van der Waals surface area contributed by atoms with E-state index < -0.39 is 116 Å². The highest BCUT2D eigenvalue weighted by Gasteiger charge is 2.27. The van der Waals surface area contributed by atoms with E-state index in [0.29, 0.717) is 0 Å². The molecular weight excluding hydrogens is 818 g/mol. The lowest BCUT2D eigenvalue weighted by molar-refractivity contribution is -0.141. The number of carbonyl (C=O) groups is 11. The first-order chi connectivity index (χ1) is 29.6. The van der Waals surface area contributed by atoms with E-state index in [-0.39, 0.29) is 84.5 Å². The van der Waals surface area contributed by atoms with Crippen molar-refractivity contribution in [1.29, 1.82) is 0 Å². The first-order valence-corrected chi connectivity index (χ1v) is 20.0. The third-order valence-corrected chi connectivity index (χ3v) is 9.37. The Morgan fingerprint density at radius 1 is 0.548 bits per heavy atom. The first kappa shape index (κ1) is 49.7. The lowest BCUT2D eigenvalue weighted by atomic mass is 10.0. The average Bonchev–Trinajstić information content (AvgIpc) is 3.22. The van der Waals surface area contributed by atoms with Gasteiger partial charge in [0.1, 0.15) is 31.2 Å². The van der Waals surface area contributed by atoms with Crippen molar-refractivity contribution in [2.75, 3.05) is 78.6 Å². The normalized spacial score (nSPS) is 23.7. The highest BCUT2D eigenvalue weighted by atomic mass is 16.4. The topological polar surface area (TPSA) is 343 Å². The summed E-state index contributed by atoms with van der Waals surface area (Å²) >= 11 is 0. The molecule has 1 aromatic carbocycles. The number of amides is 10. The number of benzene rings is 1. The van der Waals surface area contributed by atoms with Gasteiger partial charge >= 0.3 is 5.97 Å². The molecule has 0 aromatic heterocycles. The van der Waals surface area contributed by atoms with Crippen LogP contribution in [-0.4, -0.2) is 182 Å². The van der Waals surface area contributed by atoms with Gasteiger partial charge in [-0.05, 0) is 5.56 Å². The largest absolute Gasteiger partial charge is 0.481 e. The maximum atomic E-state index is 13.5. The summed E-state index contributed by atoms with van der Waals surface area (Å²) in [6.07, 6.45) is -2.01. The van der Waals surface area contributed by atoms with E-state index in [4.69, 9.17) is 0 Å². The number of aliphatic carboxylic acids is 1. The van der Waals surface area contributed by atoms with Crippen LogP contribution in [0.3, 0.4) is 0 Å². The van der Waals surface area contributed by atoms with E-state index in [1.54, 1.807) is 35.2 Å². The van der Waals surface area contributed by atoms with Gasteiger partial charge in [-0.15, -0.1) is 0 Å². The van der Waals surface area contributed by atoms with Crippen LogP contribution < -0.4 is 47.9 Å². The molecule has 0 saturated carbocycles. The third kappa shape index (κ3) is 19.1. The summed E-state index contributed by atoms with van der Waals surface area (Å²) in [6.45, 7) is -3.73. The Balaban J connectivity index is 1.97. The molecule has 3 heterocycles.